The van der Waals surface area contributed by atoms with Gasteiger partial charge in [0.15, 0.2) is 0 Å². The Labute approximate surface area is 103 Å². The lowest BCUT2D eigenvalue weighted by molar-refractivity contribution is -0.383. The Morgan fingerprint density at radius 3 is 1.89 bits per heavy atom. The third-order valence-electron chi connectivity index (χ3n) is 2.64. The summed E-state index contributed by atoms with van der Waals surface area (Å²) >= 11 is 0. The maximum atomic E-state index is 10.7. The summed E-state index contributed by atoms with van der Waals surface area (Å²) in [4.78, 5) is 10.1. The van der Waals surface area contributed by atoms with Gasteiger partial charge in [-0.2, -0.15) is 0 Å². The van der Waals surface area contributed by atoms with Gasteiger partial charge in [0.2, 0.25) is 0 Å². The predicted octanol–water partition coefficient (Wildman–Crippen LogP) is 2.01. The summed E-state index contributed by atoms with van der Waals surface area (Å²) in [5.41, 5.74) is 19.5. The Bertz CT molecular complexity index is 625. The minimum atomic E-state index is -0.517. The Morgan fingerprint density at radius 2 is 1.39 bits per heavy atom. The van der Waals surface area contributed by atoms with E-state index in [1.807, 2.05) is 0 Å². The maximum Gasteiger partial charge on any atom is 0.292 e. The third kappa shape index (κ3) is 2.03. The van der Waals surface area contributed by atoms with Crippen molar-refractivity contribution < 1.29 is 4.92 Å². The molecule has 0 unspecified atom stereocenters. The molecule has 0 spiro atoms. The Morgan fingerprint density at radius 1 is 0.833 bits per heavy atom. The molecule has 2 aromatic carbocycles. The first kappa shape index (κ1) is 11.7. The van der Waals surface area contributed by atoms with Crippen LogP contribution in [0.25, 0.3) is 11.1 Å². The molecule has 6 heteroatoms. The minimum absolute atomic E-state index is 0.109. The van der Waals surface area contributed by atoms with E-state index in [1.165, 1.54) is 6.07 Å². The molecule has 0 bridgehead atoms. The summed E-state index contributed by atoms with van der Waals surface area (Å²) in [7, 11) is 0. The van der Waals surface area contributed by atoms with Gasteiger partial charge in [0.1, 0.15) is 5.69 Å². The van der Waals surface area contributed by atoms with Gasteiger partial charge in [-0.3, -0.25) is 10.1 Å². The topological polar surface area (TPSA) is 121 Å². The molecule has 0 aliphatic carbocycles. The lowest BCUT2D eigenvalue weighted by Crippen LogP contribution is -1.97. The zero-order valence-electron chi connectivity index (χ0n) is 9.46. The highest BCUT2D eigenvalue weighted by Gasteiger charge is 2.12. The number of nitrogen functional groups attached to an aromatic ring is 3. The van der Waals surface area contributed by atoms with Crippen molar-refractivity contribution >= 4 is 22.7 Å². The zero-order valence-corrected chi connectivity index (χ0v) is 9.46. The van der Waals surface area contributed by atoms with Crippen LogP contribution in [0.2, 0.25) is 0 Å². The van der Waals surface area contributed by atoms with E-state index in [0.717, 1.165) is 11.1 Å². The van der Waals surface area contributed by atoms with Crippen molar-refractivity contribution in [3.63, 3.8) is 0 Å². The van der Waals surface area contributed by atoms with Crippen molar-refractivity contribution in [1.29, 1.82) is 0 Å². The molecule has 0 amide bonds. The van der Waals surface area contributed by atoms with Crippen LogP contribution in [0.5, 0.6) is 0 Å². The first-order valence-corrected chi connectivity index (χ1v) is 5.18. The number of nitro benzene ring substituents is 1. The monoisotopic (exact) mass is 244 g/mol. The molecular weight excluding hydrogens is 232 g/mol. The largest absolute Gasteiger partial charge is 0.397 e. The van der Waals surface area contributed by atoms with Gasteiger partial charge < -0.3 is 17.2 Å². The normalized spacial score (nSPS) is 10.2. The average molecular weight is 244 g/mol. The van der Waals surface area contributed by atoms with Crippen LogP contribution < -0.4 is 17.2 Å². The van der Waals surface area contributed by atoms with Crippen LogP contribution >= 0.6 is 0 Å². The number of rotatable bonds is 2. The Kier molecular flexibility index (Phi) is 2.77. The SMILES string of the molecule is Nc1ccc(-c2ccc([N+](=O)[O-])c(N)c2)cc1N. The summed E-state index contributed by atoms with van der Waals surface area (Å²) < 4.78 is 0. The van der Waals surface area contributed by atoms with Crippen LogP contribution in [0.3, 0.4) is 0 Å². The Hall–Kier alpha value is -2.76. The maximum absolute atomic E-state index is 10.7. The second kappa shape index (κ2) is 4.25. The van der Waals surface area contributed by atoms with Crippen molar-refractivity contribution in [2.45, 2.75) is 0 Å². The van der Waals surface area contributed by atoms with Gasteiger partial charge in [-0.05, 0) is 35.4 Å². The van der Waals surface area contributed by atoms with Crippen LogP contribution in [0.1, 0.15) is 0 Å². The molecule has 6 nitrogen and oxygen atoms in total. The van der Waals surface area contributed by atoms with E-state index in [0.29, 0.717) is 11.4 Å². The number of benzene rings is 2. The second-order valence-electron chi connectivity index (χ2n) is 3.87. The smallest absolute Gasteiger partial charge is 0.292 e. The van der Waals surface area contributed by atoms with Crippen LogP contribution in [0, 0.1) is 10.1 Å². The first-order valence-electron chi connectivity index (χ1n) is 5.18. The molecule has 18 heavy (non-hydrogen) atoms. The quantitative estimate of drug-likeness (QED) is 0.423. The molecule has 0 aromatic heterocycles. The van der Waals surface area contributed by atoms with Crippen molar-refractivity contribution in [3.05, 3.63) is 46.5 Å². The van der Waals surface area contributed by atoms with Gasteiger partial charge in [0, 0.05) is 6.07 Å². The van der Waals surface area contributed by atoms with Crippen LogP contribution in [0.4, 0.5) is 22.7 Å². The Balaban J connectivity index is 2.48. The minimum Gasteiger partial charge on any atom is -0.397 e. The van der Waals surface area contributed by atoms with Crippen molar-refractivity contribution in [2.75, 3.05) is 17.2 Å². The number of nitrogens with zero attached hydrogens (tertiary/aromatic N) is 1. The number of hydrogen-bond donors (Lipinski definition) is 3. The van der Waals surface area contributed by atoms with Gasteiger partial charge in [-0.15, -0.1) is 0 Å². The lowest BCUT2D eigenvalue weighted by Gasteiger charge is -2.06. The molecule has 0 saturated carbocycles. The molecule has 2 rings (SSSR count). The third-order valence-corrected chi connectivity index (χ3v) is 2.64. The van der Waals surface area contributed by atoms with Crippen LogP contribution in [-0.4, -0.2) is 4.92 Å². The van der Waals surface area contributed by atoms with E-state index in [2.05, 4.69) is 0 Å². The fourth-order valence-electron chi connectivity index (χ4n) is 1.65. The molecule has 92 valence electrons. The van der Waals surface area contributed by atoms with Crippen molar-refractivity contribution in [2.24, 2.45) is 0 Å². The molecule has 0 atom stereocenters. The molecule has 0 radical (unpaired) electrons. The highest BCUT2D eigenvalue weighted by Crippen LogP contribution is 2.30. The fraction of sp³-hybridized carbons (Fsp3) is 0. The van der Waals surface area contributed by atoms with Crippen LogP contribution in [-0.2, 0) is 0 Å². The van der Waals surface area contributed by atoms with Gasteiger partial charge >= 0.3 is 0 Å². The zero-order chi connectivity index (χ0) is 13.3. The highest BCUT2D eigenvalue weighted by molar-refractivity contribution is 5.77. The molecule has 0 heterocycles. The van der Waals surface area contributed by atoms with Gasteiger partial charge in [0.25, 0.3) is 5.69 Å². The molecule has 0 aliphatic rings. The summed E-state index contributed by atoms with van der Waals surface area (Å²) in [6.45, 7) is 0. The lowest BCUT2D eigenvalue weighted by atomic mass is 10.0. The summed E-state index contributed by atoms with van der Waals surface area (Å²) in [5, 5.41) is 10.7. The molecular formula is C12H12N4O2. The highest BCUT2D eigenvalue weighted by atomic mass is 16.6. The van der Waals surface area contributed by atoms with E-state index in [1.54, 1.807) is 30.3 Å². The van der Waals surface area contributed by atoms with Gasteiger partial charge in [0.05, 0.1) is 16.3 Å². The van der Waals surface area contributed by atoms with Crippen LogP contribution in [0.15, 0.2) is 36.4 Å². The molecule has 0 fully saturated rings. The number of nitro groups is 1. The molecule has 0 aliphatic heterocycles. The summed E-state index contributed by atoms with van der Waals surface area (Å²) in [5.74, 6) is 0. The van der Waals surface area contributed by atoms with Gasteiger partial charge in [-0.1, -0.05) is 6.07 Å². The van der Waals surface area contributed by atoms with E-state index < -0.39 is 4.92 Å². The van der Waals surface area contributed by atoms with E-state index in [9.17, 15) is 10.1 Å². The second-order valence-corrected chi connectivity index (χ2v) is 3.87. The van der Waals surface area contributed by atoms with E-state index in [4.69, 9.17) is 17.2 Å². The van der Waals surface area contributed by atoms with E-state index >= 15 is 0 Å². The number of anilines is 3. The number of nitrogens with two attached hydrogens (primary N) is 3. The average Bonchev–Trinajstić information content (AvgIpc) is 2.32. The van der Waals surface area contributed by atoms with E-state index in [-0.39, 0.29) is 11.4 Å². The molecule has 2 aromatic rings. The van der Waals surface area contributed by atoms with Gasteiger partial charge in [-0.25, -0.2) is 0 Å². The number of hydrogen-bond acceptors (Lipinski definition) is 5. The van der Waals surface area contributed by atoms with Crippen molar-refractivity contribution in [1.82, 2.24) is 0 Å². The summed E-state index contributed by atoms with van der Waals surface area (Å²) in [6.07, 6.45) is 0. The molecule has 6 N–H and O–H groups in total. The standard InChI is InChI=1S/C12H12N4O2/c13-9-3-1-7(5-10(9)14)8-2-4-12(16(17)18)11(15)6-8/h1-6H,13-15H2. The predicted molar refractivity (Wildman–Crippen MR) is 71.8 cm³/mol. The molecule has 0 saturated heterocycles. The fourth-order valence-corrected chi connectivity index (χ4v) is 1.65. The summed E-state index contributed by atoms with van der Waals surface area (Å²) in [6, 6.07) is 9.71. The van der Waals surface area contributed by atoms with Crippen molar-refractivity contribution in [3.8, 4) is 11.1 Å². The first-order chi connectivity index (χ1) is 8.49.